The van der Waals surface area contributed by atoms with Crippen LogP contribution in [0.5, 0.6) is 0 Å². The Hall–Kier alpha value is -3.80. The van der Waals surface area contributed by atoms with Crippen molar-refractivity contribution in [1.29, 1.82) is 0 Å². The number of unbranched alkanes of at least 4 members (excludes halogenated alkanes) is 3. The Labute approximate surface area is 403 Å². The summed E-state index contributed by atoms with van der Waals surface area (Å²) in [6.07, 6.45) is 7.29. The summed E-state index contributed by atoms with van der Waals surface area (Å²) >= 11 is 0. The number of ether oxygens (including phenoxy) is 6. The maximum absolute atomic E-state index is 14.5. The summed E-state index contributed by atoms with van der Waals surface area (Å²) in [4.78, 5) is 82.1. The van der Waals surface area contributed by atoms with Crippen LogP contribution in [0.2, 0.25) is 0 Å². The highest BCUT2D eigenvalue weighted by Crippen LogP contribution is 2.39. The number of carboxylic acid groups (broad SMARTS) is 1. The first-order valence-corrected chi connectivity index (χ1v) is 24.9. The predicted molar refractivity (Wildman–Crippen MR) is 252 cm³/mol. The number of hydrogen-bond acceptors (Lipinski definition) is 14. The average molecular weight is 960 g/mol. The number of methoxy groups -OCH3 is 3. The fourth-order valence-corrected chi connectivity index (χ4v) is 10.7. The molecule has 0 aromatic carbocycles. The van der Waals surface area contributed by atoms with Gasteiger partial charge in [0, 0.05) is 64.9 Å². The summed E-state index contributed by atoms with van der Waals surface area (Å²) in [6.45, 7) is 13.0. The Kier molecular flexibility index (Phi) is 22.5. The van der Waals surface area contributed by atoms with Crippen LogP contribution in [0, 0.1) is 29.6 Å². The van der Waals surface area contributed by atoms with Crippen molar-refractivity contribution in [2.45, 2.75) is 198 Å². The maximum Gasteiger partial charge on any atom is 0.329 e. The zero-order chi connectivity index (χ0) is 50.3. The van der Waals surface area contributed by atoms with Crippen LogP contribution in [0.15, 0.2) is 36.0 Å². The molecule has 384 valence electrons. The normalized spacial score (nSPS) is 36.1. The Morgan fingerprint density at radius 2 is 1.54 bits per heavy atom. The van der Waals surface area contributed by atoms with Gasteiger partial charge in [-0.25, -0.2) is 4.79 Å². The number of nitrogens with zero attached hydrogens (tertiary/aromatic N) is 1. The van der Waals surface area contributed by atoms with E-state index in [-0.39, 0.29) is 62.2 Å². The second kappa shape index (κ2) is 27.0. The van der Waals surface area contributed by atoms with Gasteiger partial charge in [0.25, 0.3) is 11.7 Å². The van der Waals surface area contributed by atoms with Gasteiger partial charge in [-0.1, -0.05) is 57.4 Å². The standard InChI is InChI=1S/C52H81NO15/c1-10-17-37-25-31(2)24-32(3)26-43(64-8)48-44(65-9)28-34(5)52(62,68-48)49(59)50(60)53-23-16-15-18-38(53)51(61)67-47(35(6)39(54)30-40(37)55)33(4)27-36-21-22-41(42(29-36)63-7)66-46(58)20-14-12-11-13-19-45(56)57/h10,25,27,32,34-39,41-44,47-48,54,62H,1,11-24,26,28-30H2,2-9H3,(H,56,57)/b31-25+,33-27?. The van der Waals surface area contributed by atoms with E-state index < -0.39 is 95.9 Å². The maximum atomic E-state index is 14.5. The second-order valence-corrected chi connectivity index (χ2v) is 20.0. The number of Topliss-reactive ketones (excluding diaryl/α,β-unsaturated/α-hetero) is 2. The molecule has 1 saturated carbocycles. The Morgan fingerprint density at radius 3 is 2.19 bits per heavy atom. The van der Waals surface area contributed by atoms with Crippen molar-refractivity contribution in [3.05, 3.63) is 36.0 Å². The zero-order valence-corrected chi connectivity index (χ0v) is 41.9. The van der Waals surface area contributed by atoms with Gasteiger partial charge in [-0.15, -0.1) is 6.58 Å². The number of ketones is 2. The highest BCUT2D eigenvalue weighted by molar-refractivity contribution is 6.39. The minimum atomic E-state index is -2.54. The van der Waals surface area contributed by atoms with Gasteiger partial charge in [-0.3, -0.25) is 24.0 Å². The fraction of sp³-hybridized carbons (Fsp3) is 0.769. The molecule has 3 aliphatic heterocycles. The first-order valence-electron chi connectivity index (χ1n) is 24.9. The number of aliphatic carboxylic acids is 1. The monoisotopic (exact) mass is 960 g/mol. The molecule has 14 atom stereocenters. The summed E-state index contributed by atoms with van der Waals surface area (Å²) in [7, 11) is 4.59. The summed E-state index contributed by atoms with van der Waals surface area (Å²) in [5.41, 5.74) is 1.54. The predicted octanol–water partition coefficient (Wildman–Crippen LogP) is 6.62. The van der Waals surface area contributed by atoms with E-state index in [1.165, 1.54) is 14.2 Å². The van der Waals surface area contributed by atoms with Gasteiger partial charge in [0.1, 0.15) is 30.1 Å². The third-order valence-electron chi connectivity index (χ3n) is 14.7. The minimum Gasteiger partial charge on any atom is -0.481 e. The highest BCUT2D eigenvalue weighted by Gasteiger charge is 2.56. The molecule has 68 heavy (non-hydrogen) atoms. The van der Waals surface area contributed by atoms with Gasteiger partial charge in [-0.2, -0.15) is 0 Å². The van der Waals surface area contributed by atoms with E-state index in [0.717, 1.165) is 16.9 Å². The lowest BCUT2D eigenvalue weighted by atomic mass is 9.81. The van der Waals surface area contributed by atoms with Gasteiger partial charge in [0.15, 0.2) is 0 Å². The van der Waals surface area contributed by atoms with Crippen LogP contribution in [0.1, 0.15) is 144 Å². The first-order chi connectivity index (χ1) is 32.3. The van der Waals surface area contributed by atoms with Crippen molar-refractivity contribution in [2.24, 2.45) is 29.6 Å². The molecule has 3 heterocycles. The van der Waals surface area contributed by atoms with Crippen LogP contribution in [0.3, 0.4) is 0 Å². The van der Waals surface area contributed by atoms with E-state index in [2.05, 4.69) is 6.58 Å². The molecule has 3 N–H and O–H groups in total. The molecule has 0 spiro atoms. The number of carboxylic acids is 1. The van der Waals surface area contributed by atoms with Gasteiger partial charge in [0.2, 0.25) is 5.79 Å². The molecule has 1 aliphatic carbocycles. The number of piperidine rings is 1. The smallest absolute Gasteiger partial charge is 0.329 e. The number of aliphatic hydroxyl groups excluding tert-OH is 1. The zero-order valence-electron chi connectivity index (χ0n) is 41.9. The quantitative estimate of drug-likeness (QED) is 0.0680. The van der Waals surface area contributed by atoms with Gasteiger partial charge in [0.05, 0.1) is 24.4 Å². The van der Waals surface area contributed by atoms with Crippen LogP contribution in [0.4, 0.5) is 0 Å². The topological polar surface area (TPSA) is 222 Å². The molecule has 16 nitrogen and oxygen atoms in total. The van der Waals surface area contributed by atoms with Crippen molar-refractivity contribution in [3.8, 4) is 0 Å². The van der Waals surface area contributed by atoms with E-state index in [9.17, 15) is 39.0 Å². The second-order valence-electron chi connectivity index (χ2n) is 20.0. The lowest BCUT2D eigenvalue weighted by Gasteiger charge is -2.47. The molecule has 3 fully saturated rings. The Balaban J connectivity index is 1.66. The number of allylic oxidation sites excluding steroid dienone is 4. The number of carbonyl (C=O) groups is 6. The molecule has 14 unspecified atom stereocenters. The molecule has 0 aromatic rings. The van der Waals surface area contributed by atoms with Crippen molar-refractivity contribution in [3.63, 3.8) is 0 Å². The third kappa shape index (κ3) is 15.3. The summed E-state index contributed by atoms with van der Waals surface area (Å²) in [5, 5.41) is 32.8. The summed E-state index contributed by atoms with van der Waals surface area (Å²) in [5.74, 6) is -9.32. The summed E-state index contributed by atoms with van der Waals surface area (Å²) < 4.78 is 36.0. The van der Waals surface area contributed by atoms with Crippen LogP contribution >= 0.6 is 0 Å². The van der Waals surface area contributed by atoms with E-state index in [0.29, 0.717) is 76.2 Å². The lowest BCUT2D eigenvalue weighted by Crippen LogP contribution is -2.64. The molecule has 4 rings (SSSR count). The van der Waals surface area contributed by atoms with Crippen molar-refractivity contribution in [1.82, 2.24) is 4.90 Å². The Morgan fingerprint density at radius 1 is 0.882 bits per heavy atom. The molecule has 0 aromatic heterocycles. The van der Waals surface area contributed by atoms with Crippen molar-refractivity contribution < 1.29 is 72.5 Å². The molecule has 16 heteroatoms. The van der Waals surface area contributed by atoms with Gasteiger partial charge < -0.3 is 48.6 Å². The highest BCUT2D eigenvalue weighted by atomic mass is 16.7. The minimum absolute atomic E-state index is 0.0162. The number of carbonyl (C=O) groups excluding carboxylic acids is 5. The number of fused-ring (bicyclic) bond motifs is 3. The van der Waals surface area contributed by atoms with Crippen LogP contribution < -0.4 is 0 Å². The van der Waals surface area contributed by atoms with E-state index in [4.69, 9.17) is 33.5 Å². The number of aliphatic hydroxyl groups is 2. The molecule has 1 amide bonds. The number of esters is 2. The number of hydrogen-bond donors (Lipinski definition) is 3. The molecule has 4 aliphatic rings. The first kappa shape index (κ1) is 56.8. The van der Waals surface area contributed by atoms with E-state index >= 15 is 0 Å². The van der Waals surface area contributed by atoms with Gasteiger partial charge >= 0.3 is 17.9 Å². The Bertz CT molecular complexity index is 1800. The number of rotatable bonds is 15. The molecular formula is C52H81NO15. The molecule has 2 saturated heterocycles. The van der Waals surface area contributed by atoms with Crippen molar-refractivity contribution >= 4 is 35.4 Å². The average Bonchev–Trinajstić information content (AvgIpc) is 3.30. The molecule has 0 radical (unpaired) electrons. The van der Waals surface area contributed by atoms with Crippen LogP contribution in [0.25, 0.3) is 0 Å². The largest absolute Gasteiger partial charge is 0.481 e. The SMILES string of the molecule is C=CCC1/C=C(\C)CC(C)CC(OC)C2OC(O)(C(=O)C(=O)N3CCCCC3C(=O)OC(C(C)=CC3CCC(OC(=O)CCCCCCC(=O)O)C(OC)C3)C(C)C(O)CC1=O)C(C)CC2OC. The van der Waals surface area contributed by atoms with E-state index in [1.807, 2.05) is 26.0 Å². The third-order valence-corrected chi connectivity index (χ3v) is 14.7. The molecular weight excluding hydrogens is 879 g/mol. The number of cyclic esters (lactones) is 1. The van der Waals surface area contributed by atoms with Crippen LogP contribution in [-0.2, 0) is 57.2 Å². The lowest BCUT2D eigenvalue weighted by molar-refractivity contribution is -0.302. The van der Waals surface area contributed by atoms with Crippen LogP contribution in [-0.4, -0.2) is 138 Å². The van der Waals surface area contributed by atoms with Gasteiger partial charge in [-0.05, 0) is 108 Å². The van der Waals surface area contributed by atoms with Crippen molar-refractivity contribution in [2.75, 3.05) is 27.9 Å². The number of amides is 1. The fourth-order valence-electron chi connectivity index (χ4n) is 10.7. The molecule has 2 bridgehead atoms. The van der Waals surface area contributed by atoms with E-state index in [1.54, 1.807) is 34.0 Å². The summed E-state index contributed by atoms with van der Waals surface area (Å²) in [6, 6.07) is -1.19.